The molecule has 0 fully saturated rings. The van der Waals surface area contributed by atoms with E-state index in [0.29, 0.717) is 5.69 Å². The average molecular weight is 320 g/mol. The molecule has 2 N–H and O–H groups in total. The van der Waals surface area contributed by atoms with Gasteiger partial charge in [0, 0.05) is 11.3 Å². The van der Waals surface area contributed by atoms with Gasteiger partial charge >= 0.3 is 0 Å². The predicted octanol–water partition coefficient (Wildman–Crippen LogP) is 4.54. The molecule has 0 saturated carbocycles. The molecule has 0 saturated heterocycles. The van der Waals surface area contributed by atoms with E-state index in [1.165, 1.54) is 6.07 Å². The van der Waals surface area contributed by atoms with E-state index in [1.54, 1.807) is 18.2 Å². The summed E-state index contributed by atoms with van der Waals surface area (Å²) in [6.07, 6.45) is 0. The molecule has 0 atom stereocenters. The van der Waals surface area contributed by atoms with E-state index in [-0.39, 0.29) is 18.3 Å². The zero-order chi connectivity index (χ0) is 16.8. The Bertz CT molecular complexity index is 834. The number of para-hydroxylation sites is 2. The fraction of sp³-hybridized carbons (Fsp3) is 0.0500. The quantitative estimate of drug-likeness (QED) is 0.724. The Morgan fingerprint density at radius 2 is 1.42 bits per heavy atom. The molecule has 0 aliphatic carbocycles. The lowest BCUT2D eigenvalue weighted by molar-refractivity contribution is -0.114. The van der Waals surface area contributed by atoms with Crippen LogP contribution in [0.4, 0.5) is 15.8 Å². The minimum atomic E-state index is -0.380. The second-order valence-corrected chi connectivity index (χ2v) is 5.29. The second-order valence-electron chi connectivity index (χ2n) is 5.29. The van der Waals surface area contributed by atoms with Crippen molar-refractivity contribution in [1.82, 2.24) is 0 Å². The normalized spacial score (nSPS) is 10.2. The summed E-state index contributed by atoms with van der Waals surface area (Å²) in [6, 6.07) is 23.7. The molecule has 120 valence electrons. The molecule has 24 heavy (non-hydrogen) atoms. The van der Waals surface area contributed by atoms with Gasteiger partial charge in [-0.25, -0.2) is 4.39 Å². The molecule has 0 bridgehead atoms. The van der Waals surface area contributed by atoms with E-state index in [1.807, 2.05) is 54.6 Å². The standard InChI is InChI=1S/C20H17FN2O/c21-17-11-5-7-13-19(17)22-14-20(24)23-18-12-6-4-10-16(18)15-8-2-1-3-9-15/h1-13,22H,14H2,(H,23,24). The molecule has 0 aromatic heterocycles. The summed E-state index contributed by atoms with van der Waals surface area (Å²) in [4.78, 5) is 12.2. The average Bonchev–Trinajstić information content (AvgIpc) is 2.62. The van der Waals surface area contributed by atoms with Gasteiger partial charge in [0.15, 0.2) is 0 Å². The van der Waals surface area contributed by atoms with E-state index in [2.05, 4.69) is 10.6 Å². The molecular formula is C20H17FN2O. The minimum Gasteiger partial charge on any atom is -0.374 e. The molecule has 3 nitrogen and oxygen atoms in total. The lowest BCUT2D eigenvalue weighted by Crippen LogP contribution is -2.22. The van der Waals surface area contributed by atoms with Crippen LogP contribution < -0.4 is 10.6 Å². The third-order valence-electron chi connectivity index (χ3n) is 3.60. The number of benzene rings is 3. The van der Waals surface area contributed by atoms with Crippen LogP contribution in [-0.2, 0) is 4.79 Å². The fourth-order valence-corrected chi connectivity index (χ4v) is 2.44. The molecule has 1 amide bonds. The highest BCUT2D eigenvalue weighted by atomic mass is 19.1. The molecule has 0 spiro atoms. The number of carbonyl (C=O) groups excluding carboxylic acids is 1. The van der Waals surface area contributed by atoms with E-state index >= 15 is 0 Å². The first-order valence-corrected chi connectivity index (χ1v) is 7.67. The largest absolute Gasteiger partial charge is 0.374 e. The lowest BCUT2D eigenvalue weighted by atomic mass is 10.0. The first-order valence-electron chi connectivity index (χ1n) is 7.67. The molecule has 0 radical (unpaired) electrons. The van der Waals surface area contributed by atoms with Crippen LogP contribution in [0.25, 0.3) is 11.1 Å². The summed E-state index contributed by atoms with van der Waals surface area (Å²) in [5.41, 5.74) is 3.00. The maximum atomic E-state index is 13.6. The third kappa shape index (κ3) is 3.79. The van der Waals surface area contributed by atoms with Crippen molar-refractivity contribution < 1.29 is 9.18 Å². The van der Waals surface area contributed by atoms with Gasteiger partial charge in [-0.15, -0.1) is 0 Å². The van der Waals surface area contributed by atoms with Crippen molar-refractivity contribution in [2.24, 2.45) is 0 Å². The maximum Gasteiger partial charge on any atom is 0.243 e. The molecule has 3 rings (SSSR count). The van der Waals surface area contributed by atoms with Gasteiger partial charge < -0.3 is 10.6 Å². The summed E-state index contributed by atoms with van der Waals surface area (Å²) in [7, 11) is 0. The van der Waals surface area contributed by atoms with Crippen molar-refractivity contribution in [2.75, 3.05) is 17.2 Å². The van der Waals surface area contributed by atoms with E-state index in [4.69, 9.17) is 0 Å². The number of amides is 1. The summed E-state index contributed by atoms with van der Waals surface area (Å²) in [5, 5.41) is 5.68. The summed E-state index contributed by atoms with van der Waals surface area (Å²) in [6.45, 7) is -0.00986. The van der Waals surface area contributed by atoms with E-state index in [0.717, 1.165) is 16.8 Å². The Kier molecular flexibility index (Phi) is 4.87. The highest BCUT2D eigenvalue weighted by Gasteiger charge is 2.09. The lowest BCUT2D eigenvalue weighted by Gasteiger charge is -2.12. The number of nitrogens with one attached hydrogen (secondary N) is 2. The molecule has 0 aliphatic rings. The Balaban J connectivity index is 1.70. The van der Waals surface area contributed by atoms with Gasteiger partial charge in [-0.05, 0) is 23.8 Å². The van der Waals surface area contributed by atoms with Gasteiger partial charge in [0.2, 0.25) is 5.91 Å². The zero-order valence-electron chi connectivity index (χ0n) is 13.0. The van der Waals surface area contributed by atoms with Crippen LogP contribution in [0, 0.1) is 5.82 Å². The highest BCUT2D eigenvalue weighted by molar-refractivity contribution is 5.97. The van der Waals surface area contributed by atoms with Crippen LogP contribution >= 0.6 is 0 Å². The van der Waals surface area contributed by atoms with Crippen molar-refractivity contribution in [3.05, 3.63) is 84.7 Å². The fourth-order valence-electron chi connectivity index (χ4n) is 2.44. The Labute approximate surface area is 140 Å². The summed E-state index contributed by atoms with van der Waals surface area (Å²) < 4.78 is 13.6. The summed E-state index contributed by atoms with van der Waals surface area (Å²) in [5.74, 6) is -0.614. The minimum absolute atomic E-state index is 0.00986. The van der Waals surface area contributed by atoms with Gasteiger partial charge in [0.1, 0.15) is 5.82 Å². The maximum absolute atomic E-state index is 13.6. The van der Waals surface area contributed by atoms with Crippen LogP contribution in [-0.4, -0.2) is 12.5 Å². The van der Waals surface area contributed by atoms with Crippen molar-refractivity contribution in [3.8, 4) is 11.1 Å². The number of hydrogen-bond acceptors (Lipinski definition) is 2. The Morgan fingerprint density at radius 1 is 0.792 bits per heavy atom. The molecule has 0 unspecified atom stereocenters. The van der Waals surface area contributed by atoms with Crippen molar-refractivity contribution in [2.45, 2.75) is 0 Å². The van der Waals surface area contributed by atoms with Crippen LogP contribution in [0.15, 0.2) is 78.9 Å². The molecule has 3 aromatic rings. The van der Waals surface area contributed by atoms with Crippen LogP contribution in [0.3, 0.4) is 0 Å². The number of rotatable bonds is 5. The molecular weight excluding hydrogens is 303 g/mol. The van der Waals surface area contributed by atoms with Crippen molar-refractivity contribution in [1.29, 1.82) is 0 Å². The monoisotopic (exact) mass is 320 g/mol. The molecule has 0 heterocycles. The first kappa shape index (κ1) is 15.7. The zero-order valence-corrected chi connectivity index (χ0v) is 13.0. The molecule has 0 aliphatic heterocycles. The topological polar surface area (TPSA) is 41.1 Å². The summed E-state index contributed by atoms with van der Waals surface area (Å²) >= 11 is 0. The van der Waals surface area contributed by atoms with Gasteiger partial charge in [-0.2, -0.15) is 0 Å². The number of carbonyl (C=O) groups is 1. The Hall–Kier alpha value is -3.14. The highest BCUT2D eigenvalue weighted by Crippen LogP contribution is 2.27. The van der Waals surface area contributed by atoms with E-state index < -0.39 is 0 Å². The Morgan fingerprint density at radius 3 is 2.17 bits per heavy atom. The smallest absolute Gasteiger partial charge is 0.243 e. The predicted molar refractivity (Wildman–Crippen MR) is 95.4 cm³/mol. The van der Waals surface area contributed by atoms with Gasteiger partial charge in [-0.1, -0.05) is 60.7 Å². The van der Waals surface area contributed by atoms with E-state index in [9.17, 15) is 9.18 Å². The van der Waals surface area contributed by atoms with Crippen LogP contribution in [0.1, 0.15) is 0 Å². The van der Waals surface area contributed by atoms with Crippen molar-refractivity contribution >= 4 is 17.3 Å². The third-order valence-corrected chi connectivity index (χ3v) is 3.60. The first-order chi connectivity index (χ1) is 11.7. The number of anilines is 2. The van der Waals surface area contributed by atoms with Gasteiger partial charge in [-0.3, -0.25) is 4.79 Å². The van der Waals surface area contributed by atoms with Gasteiger partial charge in [0.25, 0.3) is 0 Å². The number of halogens is 1. The SMILES string of the molecule is O=C(CNc1ccccc1F)Nc1ccccc1-c1ccccc1. The second kappa shape index (κ2) is 7.42. The van der Waals surface area contributed by atoms with Gasteiger partial charge in [0.05, 0.1) is 12.2 Å². The van der Waals surface area contributed by atoms with Crippen molar-refractivity contribution in [3.63, 3.8) is 0 Å². The molecule has 4 heteroatoms. The van der Waals surface area contributed by atoms with Crippen LogP contribution in [0.5, 0.6) is 0 Å². The molecule has 3 aromatic carbocycles. The number of hydrogen-bond donors (Lipinski definition) is 2. The van der Waals surface area contributed by atoms with Crippen LogP contribution in [0.2, 0.25) is 0 Å².